The maximum absolute atomic E-state index is 13.1. The largest absolute Gasteiger partial charge is 0.366 e. The normalized spacial score (nSPS) is 10.2. The van der Waals surface area contributed by atoms with Crippen molar-refractivity contribution in [2.45, 2.75) is 6.54 Å². The zero-order valence-corrected chi connectivity index (χ0v) is 8.10. The molecular formula is C10H11FN4. The van der Waals surface area contributed by atoms with Gasteiger partial charge in [-0.25, -0.2) is 9.37 Å². The summed E-state index contributed by atoms with van der Waals surface area (Å²) >= 11 is 0. The van der Waals surface area contributed by atoms with Gasteiger partial charge < -0.3 is 5.32 Å². The third kappa shape index (κ3) is 2.52. The second-order valence-electron chi connectivity index (χ2n) is 3.03. The first kappa shape index (κ1) is 9.64. The number of nitrogens with one attached hydrogen (secondary N) is 1. The van der Waals surface area contributed by atoms with Gasteiger partial charge in [0.05, 0.1) is 6.54 Å². The molecule has 0 unspecified atom stereocenters. The van der Waals surface area contributed by atoms with Crippen molar-refractivity contribution in [3.63, 3.8) is 0 Å². The molecule has 0 fully saturated rings. The lowest BCUT2D eigenvalue weighted by molar-refractivity contribution is 0.612. The van der Waals surface area contributed by atoms with Gasteiger partial charge in [-0.05, 0) is 18.2 Å². The third-order valence-electron chi connectivity index (χ3n) is 1.95. The van der Waals surface area contributed by atoms with Crippen molar-refractivity contribution in [3.05, 3.63) is 42.6 Å². The Morgan fingerprint density at radius 1 is 1.33 bits per heavy atom. The van der Waals surface area contributed by atoms with Crippen LogP contribution in [0, 0.1) is 5.82 Å². The van der Waals surface area contributed by atoms with Crippen molar-refractivity contribution in [2.75, 3.05) is 11.9 Å². The number of pyridine rings is 1. The molecule has 15 heavy (non-hydrogen) atoms. The quantitative estimate of drug-likeness (QED) is 0.824. The van der Waals surface area contributed by atoms with Crippen LogP contribution in [0.2, 0.25) is 0 Å². The zero-order chi connectivity index (χ0) is 10.5. The molecule has 5 heteroatoms. The standard InChI is InChI=1S/C10H11FN4/c11-9-3-1-4-12-10(9)13-6-8-15-7-2-5-14-15/h1-5,7H,6,8H2,(H,12,13). The molecule has 2 heterocycles. The predicted molar refractivity (Wildman–Crippen MR) is 54.9 cm³/mol. The molecule has 0 aromatic carbocycles. The summed E-state index contributed by atoms with van der Waals surface area (Å²) in [4.78, 5) is 3.88. The topological polar surface area (TPSA) is 42.7 Å². The maximum atomic E-state index is 13.1. The van der Waals surface area contributed by atoms with Crippen LogP contribution in [0.3, 0.4) is 0 Å². The molecule has 0 aliphatic carbocycles. The van der Waals surface area contributed by atoms with Crippen LogP contribution in [0.4, 0.5) is 10.2 Å². The van der Waals surface area contributed by atoms with E-state index >= 15 is 0 Å². The van der Waals surface area contributed by atoms with Crippen molar-refractivity contribution in [1.29, 1.82) is 0 Å². The van der Waals surface area contributed by atoms with Gasteiger partial charge >= 0.3 is 0 Å². The van der Waals surface area contributed by atoms with E-state index in [9.17, 15) is 4.39 Å². The highest BCUT2D eigenvalue weighted by atomic mass is 19.1. The first-order chi connectivity index (χ1) is 7.36. The van der Waals surface area contributed by atoms with E-state index in [0.29, 0.717) is 13.1 Å². The summed E-state index contributed by atoms with van der Waals surface area (Å²) in [6.45, 7) is 1.28. The van der Waals surface area contributed by atoms with Gasteiger partial charge in [-0.15, -0.1) is 0 Å². The lowest BCUT2D eigenvalue weighted by Crippen LogP contribution is -2.12. The average Bonchev–Trinajstić information content (AvgIpc) is 2.74. The molecule has 0 saturated heterocycles. The molecule has 0 amide bonds. The highest BCUT2D eigenvalue weighted by Crippen LogP contribution is 2.07. The van der Waals surface area contributed by atoms with Crippen LogP contribution < -0.4 is 5.32 Å². The molecule has 0 atom stereocenters. The fraction of sp³-hybridized carbons (Fsp3) is 0.200. The molecule has 2 aromatic rings. The van der Waals surface area contributed by atoms with Crippen molar-refractivity contribution in [3.8, 4) is 0 Å². The van der Waals surface area contributed by atoms with Crippen LogP contribution in [0.15, 0.2) is 36.8 Å². The summed E-state index contributed by atoms with van der Waals surface area (Å²) in [7, 11) is 0. The summed E-state index contributed by atoms with van der Waals surface area (Å²) < 4.78 is 14.9. The Balaban J connectivity index is 1.86. The fourth-order valence-corrected chi connectivity index (χ4v) is 1.24. The van der Waals surface area contributed by atoms with E-state index in [-0.39, 0.29) is 11.6 Å². The number of nitrogens with zero attached hydrogens (tertiary/aromatic N) is 3. The van der Waals surface area contributed by atoms with Crippen LogP contribution in [0.1, 0.15) is 0 Å². The predicted octanol–water partition coefficient (Wildman–Crippen LogP) is 1.53. The summed E-state index contributed by atoms with van der Waals surface area (Å²) in [6.07, 6.45) is 5.12. The first-order valence-corrected chi connectivity index (χ1v) is 4.68. The summed E-state index contributed by atoms with van der Waals surface area (Å²) in [6, 6.07) is 4.79. The van der Waals surface area contributed by atoms with Crippen molar-refractivity contribution < 1.29 is 4.39 Å². The van der Waals surface area contributed by atoms with E-state index in [0.717, 1.165) is 0 Å². The molecule has 0 radical (unpaired) electrons. The van der Waals surface area contributed by atoms with Gasteiger partial charge in [0.15, 0.2) is 11.6 Å². The van der Waals surface area contributed by atoms with Gasteiger partial charge in [0.1, 0.15) is 0 Å². The Kier molecular flexibility index (Phi) is 2.92. The molecule has 1 N–H and O–H groups in total. The monoisotopic (exact) mass is 206 g/mol. The smallest absolute Gasteiger partial charge is 0.165 e. The number of hydrogen-bond donors (Lipinski definition) is 1. The second-order valence-corrected chi connectivity index (χ2v) is 3.03. The summed E-state index contributed by atoms with van der Waals surface area (Å²) in [5, 5.41) is 6.94. The molecule has 2 rings (SSSR count). The first-order valence-electron chi connectivity index (χ1n) is 4.68. The zero-order valence-electron chi connectivity index (χ0n) is 8.10. The molecule has 2 aromatic heterocycles. The summed E-state index contributed by atoms with van der Waals surface area (Å²) in [5.41, 5.74) is 0. The lowest BCUT2D eigenvalue weighted by atomic mass is 10.4. The van der Waals surface area contributed by atoms with Crippen molar-refractivity contribution in [2.24, 2.45) is 0 Å². The van der Waals surface area contributed by atoms with E-state index in [4.69, 9.17) is 0 Å². The minimum absolute atomic E-state index is 0.282. The Bertz CT molecular complexity index is 413. The number of aromatic nitrogens is 3. The molecule has 0 saturated carbocycles. The highest BCUT2D eigenvalue weighted by molar-refractivity contribution is 5.35. The van der Waals surface area contributed by atoms with Crippen LogP contribution in [-0.4, -0.2) is 21.3 Å². The molecule has 0 aliphatic heterocycles. The number of rotatable bonds is 4. The average molecular weight is 206 g/mol. The Labute approximate surface area is 86.8 Å². The van der Waals surface area contributed by atoms with Crippen LogP contribution in [0.25, 0.3) is 0 Å². The van der Waals surface area contributed by atoms with Crippen molar-refractivity contribution in [1.82, 2.24) is 14.8 Å². The molecule has 0 spiro atoms. The second kappa shape index (κ2) is 4.54. The lowest BCUT2D eigenvalue weighted by Gasteiger charge is -2.05. The summed E-state index contributed by atoms with van der Waals surface area (Å²) in [5.74, 6) is -0.0531. The van der Waals surface area contributed by atoms with E-state index < -0.39 is 0 Å². The van der Waals surface area contributed by atoms with Gasteiger partial charge in [0.25, 0.3) is 0 Å². The van der Waals surface area contributed by atoms with Crippen LogP contribution >= 0.6 is 0 Å². The van der Waals surface area contributed by atoms with Gasteiger partial charge in [0.2, 0.25) is 0 Å². The minimum atomic E-state index is -0.335. The maximum Gasteiger partial charge on any atom is 0.165 e. The van der Waals surface area contributed by atoms with E-state index in [1.54, 1.807) is 23.1 Å². The fourth-order valence-electron chi connectivity index (χ4n) is 1.24. The van der Waals surface area contributed by atoms with Crippen LogP contribution in [-0.2, 0) is 6.54 Å². The van der Waals surface area contributed by atoms with Crippen molar-refractivity contribution >= 4 is 5.82 Å². The van der Waals surface area contributed by atoms with E-state index in [1.165, 1.54) is 6.07 Å². The van der Waals surface area contributed by atoms with Gasteiger partial charge in [-0.2, -0.15) is 5.10 Å². The highest BCUT2D eigenvalue weighted by Gasteiger charge is 2.00. The van der Waals surface area contributed by atoms with E-state index in [2.05, 4.69) is 15.4 Å². The number of hydrogen-bond acceptors (Lipinski definition) is 3. The SMILES string of the molecule is Fc1cccnc1NCCn1cccn1. The Morgan fingerprint density at radius 3 is 3.00 bits per heavy atom. The van der Waals surface area contributed by atoms with Gasteiger partial charge in [-0.1, -0.05) is 0 Å². The molecule has 0 aliphatic rings. The molecule has 78 valence electrons. The molecule has 0 bridgehead atoms. The number of halogens is 1. The molecule has 4 nitrogen and oxygen atoms in total. The third-order valence-corrected chi connectivity index (χ3v) is 1.95. The van der Waals surface area contributed by atoms with Gasteiger partial charge in [-0.3, -0.25) is 4.68 Å². The Morgan fingerprint density at radius 2 is 2.27 bits per heavy atom. The number of anilines is 1. The van der Waals surface area contributed by atoms with E-state index in [1.807, 2.05) is 12.3 Å². The molecular weight excluding hydrogens is 195 g/mol. The minimum Gasteiger partial charge on any atom is -0.366 e. The van der Waals surface area contributed by atoms with Gasteiger partial charge in [0, 0.05) is 25.1 Å². The Hall–Kier alpha value is -1.91. The van der Waals surface area contributed by atoms with Crippen LogP contribution in [0.5, 0.6) is 0 Å².